The summed E-state index contributed by atoms with van der Waals surface area (Å²) in [5.74, 6) is -1.67. The third-order valence-corrected chi connectivity index (χ3v) is 4.91. The highest BCUT2D eigenvalue weighted by Gasteiger charge is 2.39. The maximum atomic E-state index is 13.1. The molecule has 11 heteroatoms. The van der Waals surface area contributed by atoms with Gasteiger partial charge >= 0.3 is 5.95 Å². The van der Waals surface area contributed by atoms with Gasteiger partial charge in [0.2, 0.25) is 0 Å². The summed E-state index contributed by atoms with van der Waals surface area (Å²) >= 11 is 0. The van der Waals surface area contributed by atoms with Crippen LogP contribution in [0, 0.1) is 20.2 Å². The van der Waals surface area contributed by atoms with E-state index in [2.05, 4.69) is 15.4 Å². The Labute approximate surface area is 168 Å². The van der Waals surface area contributed by atoms with Crippen LogP contribution >= 0.6 is 0 Å². The number of nitro benzene ring substituents is 1. The lowest BCUT2D eigenvalue weighted by Crippen LogP contribution is -2.30. The summed E-state index contributed by atoms with van der Waals surface area (Å²) in [6.45, 7) is 0. The number of hydrogen-bond acceptors (Lipinski definition) is 8. The first kappa shape index (κ1) is 19.1. The molecule has 11 nitrogen and oxygen atoms in total. The van der Waals surface area contributed by atoms with Gasteiger partial charge in [-0.05, 0) is 34.1 Å². The van der Waals surface area contributed by atoms with E-state index >= 15 is 0 Å². The zero-order chi connectivity index (χ0) is 21.3. The van der Waals surface area contributed by atoms with Gasteiger partial charge in [0.25, 0.3) is 5.69 Å². The van der Waals surface area contributed by atoms with Crippen molar-refractivity contribution in [3.8, 4) is 0 Å². The third kappa shape index (κ3) is 3.55. The first-order valence-corrected chi connectivity index (χ1v) is 8.92. The SMILES string of the molecule is O=C1C=C(c2ccccc2)C[C@H](c2cccc([N+](=O)[O-])c2)[C@H]1n1nnc([N+](=O)[O-])n1. The molecule has 30 heavy (non-hydrogen) atoms. The molecular weight excluding hydrogens is 392 g/mol. The Bertz CT molecular complexity index is 1170. The highest BCUT2D eigenvalue weighted by molar-refractivity contribution is 6.02. The lowest BCUT2D eigenvalue weighted by atomic mass is 9.77. The predicted octanol–water partition coefficient (Wildman–Crippen LogP) is 2.87. The minimum atomic E-state index is -1.01. The van der Waals surface area contributed by atoms with Crippen LogP contribution in [-0.4, -0.2) is 35.8 Å². The molecule has 2 atom stereocenters. The minimum Gasteiger partial charge on any atom is -0.390 e. The largest absolute Gasteiger partial charge is 0.514 e. The smallest absolute Gasteiger partial charge is 0.390 e. The average molecular weight is 406 g/mol. The van der Waals surface area contributed by atoms with Gasteiger partial charge in [0.15, 0.2) is 11.8 Å². The summed E-state index contributed by atoms with van der Waals surface area (Å²) in [5.41, 5.74) is 2.01. The second-order valence-electron chi connectivity index (χ2n) is 6.71. The van der Waals surface area contributed by atoms with Crippen LogP contribution in [0.4, 0.5) is 11.6 Å². The van der Waals surface area contributed by atoms with Gasteiger partial charge in [-0.25, -0.2) is 0 Å². The Morgan fingerprint density at radius 2 is 1.77 bits per heavy atom. The average Bonchev–Trinajstić information content (AvgIpc) is 3.24. The molecule has 0 fully saturated rings. The molecule has 0 saturated heterocycles. The molecule has 150 valence electrons. The topological polar surface area (TPSA) is 147 Å². The Morgan fingerprint density at radius 1 is 1.00 bits per heavy atom. The molecule has 0 unspecified atom stereocenters. The van der Waals surface area contributed by atoms with Crippen molar-refractivity contribution >= 4 is 23.0 Å². The summed E-state index contributed by atoms with van der Waals surface area (Å²) in [4.78, 5) is 34.8. The number of nitrogens with zero attached hydrogens (tertiary/aromatic N) is 6. The van der Waals surface area contributed by atoms with Crippen molar-refractivity contribution < 1.29 is 14.6 Å². The van der Waals surface area contributed by atoms with Crippen LogP contribution in [0.5, 0.6) is 0 Å². The summed E-state index contributed by atoms with van der Waals surface area (Å²) < 4.78 is 0. The van der Waals surface area contributed by atoms with Crippen molar-refractivity contribution in [3.63, 3.8) is 0 Å². The van der Waals surface area contributed by atoms with Crippen molar-refractivity contribution in [2.75, 3.05) is 0 Å². The van der Waals surface area contributed by atoms with E-state index in [1.165, 1.54) is 24.3 Å². The van der Waals surface area contributed by atoms with Gasteiger partial charge in [0.05, 0.1) is 15.1 Å². The number of rotatable bonds is 5. The van der Waals surface area contributed by atoms with Crippen molar-refractivity contribution in [2.45, 2.75) is 18.4 Å². The molecule has 2 aromatic carbocycles. The van der Waals surface area contributed by atoms with E-state index in [0.29, 0.717) is 12.0 Å². The van der Waals surface area contributed by atoms with Crippen molar-refractivity contribution in [2.24, 2.45) is 0 Å². The fraction of sp³-hybridized carbons (Fsp3) is 0.158. The van der Waals surface area contributed by atoms with Crippen molar-refractivity contribution in [3.05, 3.63) is 92.0 Å². The van der Waals surface area contributed by atoms with E-state index < -0.39 is 27.8 Å². The Hall–Kier alpha value is -4.28. The number of ketones is 1. The normalized spacial score (nSPS) is 18.7. The zero-order valence-corrected chi connectivity index (χ0v) is 15.4. The van der Waals surface area contributed by atoms with Gasteiger partial charge in [0.1, 0.15) is 0 Å². The molecule has 1 heterocycles. The van der Waals surface area contributed by atoms with Gasteiger partial charge in [-0.1, -0.05) is 47.3 Å². The van der Waals surface area contributed by atoms with Crippen LogP contribution in [0.3, 0.4) is 0 Å². The molecule has 1 aromatic heterocycles. The summed E-state index contributed by atoms with van der Waals surface area (Å²) in [6.07, 6.45) is 1.82. The monoisotopic (exact) mass is 406 g/mol. The Kier molecular flexibility index (Phi) is 4.84. The first-order valence-electron chi connectivity index (χ1n) is 8.92. The predicted molar refractivity (Wildman–Crippen MR) is 103 cm³/mol. The molecule has 0 N–H and O–H groups in total. The third-order valence-electron chi connectivity index (χ3n) is 4.91. The maximum absolute atomic E-state index is 13.1. The Morgan fingerprint density at radius 3 is 2.43 bits per heavy atom. The summed E-state index contributed by atoms with van der Waals surface area (Å²) in [7, 11) is 0. The number of non-ortho nitro benzene ring substituents is 1. The highest BCUT2D eigenvalue weighted by Crippen LogP contribution is 2.42. The van der Waals surface area contributed by atoms with E-state index in [4.69, 9.17) is 0 Å². The van der Waals surface area contributed by atoms with Gasteiger partial charge in [-0.15, -0.1) is 0 Å². The number of carbonyl (C=O) groups excluding carboxylic acids is 1. The van der Waals surface area contributed by atoms with Gasteiger partial charge in [0, 0.05) is 23.3 Å². The number of nitro groups is 2. The molecule has 0 radical (unpaired) electrons. The van der Waals surface area contributed by atoms with Crippen molar-refractivity contribution in [1.82, 2.24) is 20.2 Å². The lowest BCUT2D eigenvalue weighted by molar-refractivity contribution is -0.394. The summed E-state index contributed by atoms with van der Waals surface area (Å²) in [5, 5.41) is 33.0. The quantitative estimate of drug-likeness (QED) is 0.464. The minimum absolute atomic E-state index is 0.118. The van der Waals surface area contributed by atoms with Crippen molar-refractivity contribution in [1.29, 1.82) is 0 Å². The second-order valence-corrected chi connectivity index (χ2v) is 6.71. The molecule has 1 aliphatic rings. The van der Waals surface area contributed by atoms with Crippen LogP contribution in [0.2, 0.25) is 0 Å². The van der Waals surface area contributed by atoms with Gasteiger partial charge in [-0.2, -0.15) is 0 Å². The van der Waals surface area contributed by atoms with E-state index in [1.807, 2.05) is 30.3 Å². The van der Waals surface area contributed by atoms with Crippen LogP contribution in [0.1, 0.15) is 29.5 Å². The van der Waals surface area contributed by atoms with Crippen LogP contribution in [0.25, 0.3) is 5.57 Å². The maximum Gasteiger partial charge on any atom is 0.514 e. The van der Waals surface area contributed by atoms with Crippen LogP contribution in [0.15, 0.2) is 60.7 Å². The van der Waals surface area contributed by atoms with E-state index in [-0.39, 0.29) is 11.5 Å². The van der Waals surface area contributed by atoms with E-state index in [0.717, 1.165) is 15.9 Å². The van der Waals surface area contributed by atoms with Crippen LogP contribution < -0.4 is 0 Å². The molecule has 1 aliphatic carbocycles. The molecule has 0 bridgehead atoms. The second kappa shape index (κ2) is 7.62. The number of benzene rings is 2. The number of aromatic nitrogens is 4. The standard InChI is InChI=1S/C19H14N6O5/c26-17-11-14(12-5-2-1-3-6-12)10-16(13-7-4-8-15(9-13)24(27)28)18(17)23-21-19(20-22-23)25(29)30/h1-9,11,16,18H,10H2/t16-,18-/m1/s1. The fourth-order valence-electron chi connectivity index (χ4n) is 3.57. The first-order chi connectivity index (χ1) is 14.4. The number of allylic oxidation sites excluding steroid dienone is 2. The molecule has 0 saturated carbocycles. The molecule has 0 spiro atoms. The van der Waals surface area contributed by atoms with Gasteiger partial charge in [-0.3, -0.25) is 14.9 Å². The van der Waals surface area contributed by atoms with E-state index in [1.54, 1.807) is 6.07 Å². The Balaban J connectivity index is 1.82. The molecule has 0 amide bonds. The van der Waals surface area contributed by atoms with Gasteiger partial charge < -0.3 is 10.1 Å². The van der Waals surface area contributed by atoms with Crippen LogP contribution in [-0.2, 0) is 4.79 Å². The molecule has 3 aromatic rings. The van der Waals surface area contributed by atoms with E-state index in [9.17, 15) is 25.0 Å². The number of tetrazole rings is 1. The summed E-state index contributed by atoms with van der Waals surface area (Å²) in [6, 6.07) is 14.2. The number of hydrogen-bond donors (Lipinski definition) is 0. The fourth-order valence-corrected chi connectivity index (χ4v) is 3.57. The zero-order valence-electron chi connectivity index (χ0n) is 15.4. The molecule has 4 rings (SSSR count). The molecular formula is C19H14N6O5. The molecule has 0 aliphatic heterocycles. The highest BCUT2D eigenvalue weighted by atomic mass is 16.6. The number of carbonyl (C=O) groups is 1. The lowest BCUT2D eigenvalue weighted by Gasteiger charge is -2.28.